The molecule has 26 heavy (non-hydrogen) atoms. The minimum atomic E-state index is -0.621. The molecule has 0 aliphatic heterocycles. The van der Waals surface area contributed by atoms with Gasteiger partial charge in [0.05, 0.1) is 22.6 Å². The lowest BCUT2D eigenvalue weighted by molar-refractivity contribution is -0.117. The smallest absolute Gasteiger partial charge is 0.292 e. The highest BCUT2D eigenvalue weighted by Crippen LogP contribution is 2.18. The quantitative estimate of drug-likeness (QED) is 0.569. The number of carbonyl (C=O) groups is 2. The Balaban J connectivity index is 1.78. The summed E-state index contributed by atoms with van der Waals surface area (Å²) in [5.41, 5.74) is 4.51. The van der Waals surface area contributed by atoms with Crippen LogP contribution in [0.1, 0.15) is 32.9 Å². The summed E-state index contributed by atoms with van der Waals surface area (Å²) in [6.07, 6.45) is 0. The zero-order valence-corrected chi connectivity index (χ0v) is 15.1. The number of hydrogen-bond acceptors (Lipinski definition) is 3. The molecule has 1 heterocycles. The van der Waals surface area contributed by atoms with Crippen LogP contribution in [0.25, 0.3) is 5.69 Å². The molecule has 3 aromatic rings. The largest absolute Gasteiger partial charge is 0.345 e. The number of amides is 1. The Hall–Kier alpha value is -3.21. The highest BCUT2D eigenvalue weighted by Gasteiger charge is 2.24. The number of rotatable bonds is 5. The van der Waals surface area contributed by atoms with Crippen molar-refractivity contribution < 1.29 is 9.59 Å². The Labute approximate surface area is 152 Å². The molecule has 0 radical (unpaired) electrons. The Kier molecular flexibility index (Phi) is 4.98. The molecule has 0 atom stereocenters. The Morgan fingerprint density at radius 2 is 1.62 bits per heavy atom. The van der Waals surface area contributed by atoms with Crippen molar-refractivity contribution in [3.05, 3.63) is 82.7 Å². The van der Waals surface area contributed by atoms with Crippen LogP contribution in [0.2, 0.25) is 0 Å². The normalized spacial score (nSPS) is 10.6. The van der Waals surface area contributed by atoms with Gasteiger partial charge in [-0.15, -0.1) is 0 Å². The number of ketones is 1. The van der Waals surface area contributed by atoms with Gasteiger partial charge in [0, 0.05) is 6.54 Å². The van der Waals surface area contributed by atoms with Gasteiger partial charge in [-0.05, 0) is 38.5 Å². The molecule has 1 aromatic heterocycles. The maximum absolute atomic E-state index is 12.6. The first-order chi connectivity index (χ1) is 12.5. The molecule has 2 aromatic carbocycles. The first kappa shape index (κ1) is 17.6. The first-order valence-corrected chi connectivity index (χ1v) is 8.47. The highest BCUT2D eigenvalue weighted by atomic mass is 16.2. The third kappa shape index (κ3) is 3.57. The molecule has 5 heteroatoms. The maximum atomic E-state index is 12.6. The molecule has 0 saturated heterocycles. The molecule has 1 N–H and O–H groups in total. The average Bonchev–Trinajstić information content (AvgIpc) is 2.95. The van der Waals surface area contributed by atoms with Crippen LogP contribution in [-0.4, -0.2) is 21.5 Å². The summed E-state index contributed by atoms with van der Waals surface area (Å²) in [6.45, 7) is 5.86. The summed E-state index contributed by atoms with van der Waals surface area (Å²) >= 11 is 0. The van der Waals surface area contributed by atoms with E-state index >= 15 is 0 Å². The molecule has 0 spiro atoms. The fourth-order valence-corrected chi connectivity index (χ4v) is 2.87. The molecule has 132 valence electrons. The van der Waals surface area contributed by atoms with Crippen molar-refractivity contribution in [3.8, 4) is 5.69 Å². The first-order valence-electron chi connectivity index (χ1n) is 8.47. The van der Waals surface area contributed by atoms with E-state index in [2.05, 4.69) is 10.4 Å². The Morgan fingerprint density at radius 1 is 0.962 bits per heavy atom. The number of para-hydroxylation sites is 1. The fraction of sp³-hybridized carbons (Fsp3) is 0.190. The number of nitrogens with one attached hydrogen (secondary N) is 1. The summed E-state index contributed by atoms with van der Waals surface area (Å²) in [6, 6.07) is 17.4. The second-order valence-corrected chi connectivity index (χ2v) is 6.29. The van der Waals surface area contributed by atoms with E-state index in [1.165, 1.54) is 0 Å². The number of benzene rings is 2. The second-order valence-electron chi connectivity index (χ2n) is 6.29. The van der Waals surface area contributed by atoms with Gasteiger partial charge in [-0.2, -0.15) is 5.10 Å². The van der Waals surface area contributed by atoms with Crippen molar-refractivity contribution in [2.45, 2.75) is 27.3 Å². The molecule has 0 aliphatic carbocycles. The van der Waals surface area contributed by atoms with Crippen LogP contribution >= 0.6 is 0 Å². The van der Waals surface area contributed by atoms with Gasteiger partial charge in [0.2, 0.25) is 0 Å². The van der Waals surface area contributed by atoms with Crippen molar-refractivity contribution in [2.24, 2.45) is 0 Å². The molecule has 3 rings (SSSR count). The van der Waals surface area contributed by atoms with Crippen LogP contribution in [0, 0.1) is 20.8 Å². The van der Waals surface area contributed by atoms with Crippen LogP contribution in [0.3, 0.4) is 0 Å². The molecule has 0 aliphatic rings. The lowest BCUT2D eigenvalue weighted by Gasteiger charge is -2.06. The molecule has 0 bridgehead atoms. The number of aromatic nitrogens is 2. The van der Waals surface area contributed by atoms with Crippen LogP contribution in [-0.2, 0) is 11.3 Å². The predicted molar refractivity (Wildman–Crippen MR) is 100 cm³/mol. The SMILES string of the molecule is Cc1ccc(CNC(=O)C(=O)c2c(C)nn(-c3ccccc3)c2C)cc1. The number of aryl methyl sites for hydroxylation is 2. The van der Waals surface area contributed by atoms with Gasteiger partial charge in [-0.3, -0.25) is 9.59 Å². The van der Waals surface area contributed by atoms with E-state index in [0.717, 1.165) is 16.8 Å². The van der Waals surface area contributed by atoms with Gasteiger partial charge in [0.15, 0.2) is 0 Å². The summed E-state index contributed by atoms with van der Waals surface area (Å²) < 4.78 is 1.69. The number of Topliss-reactive ketones (excluding diaryl/α,β-unsaturated/α-hetero) is 1. The van der Waals surface area contributed by atoms with Crippen LogP contribution in [0.5, 0.6) is 0 Å². The van der Waals surface area contributed by atoms with Crippen molar-refractivity contribution >= 4 is 11.7 Å². The predicted octanol–water partition coefficient (Wildman–Crippen LogP) is 3.30. The summed E-state index contributed by atoms with van der Waals surface area (Å²) in [5.74, 6) is -1.18. The van der Waals surface area contributed by atoms with Crippen molar-refractivity contribution in [3.63, 3.8) is 0 Å². The molecule has 0 fully saturated rings. The van der Waals surface area contributed by atoms with E-state index in [1.807, 2.05) is 61.5 Å². The number of hydrogen-bond donors (Lipinski definition) is 1. The summed E-state index contributed by atoms with van der Waals surface area (Å²) in [5, 5.41) is 7.12. The lowest BCUT2D eigenvalue weighted by Crippen LogP contribution is -2.31. The van der Waals surface area contributed by atoms with E-state index in [-0.39, 0.29) is 0 Å². The van der Waals surface area contributed by atoms with Crippen molar-refractivity contribution in [2.75, 3.05) is 0 Å². The van der Waals surface area contributed by atoms with Gasteiger partial charge < -0.3 is 5.32 Å². The standard InChI is InChI=1S/C21H21N3O2/c1-14-9-11-17(12-10-14)13-22-21(26)20(25)19-15(2)23-24(16(19)3)18-7-5-4-6-8-18/h4-12H,13H2,1-3H3,(H,22,26). The Bertz CT molecular complexity index is 941. The second kappa shape index (κ2) is 7.35. The number of nitrogens with zero attached hydrogens (tertiary/aromatic N) is 2. The van der Waals surface area contributed by atoms with Crippen molar-refractivity contribution in [1.29, 1.82) is 0 Å². The van der Waals surface area contributed by atoms with E-state index in [1.54, 1.807) is 18.5 Å². The zero-order chi connectivity index (χ0) is 18.7. The highest BCUT2D eigenvalue weighted by molar-refractivity contribution is 6.43. The van der Waals surface area contributed by atoms with Crippen LogP contribution < -0.4 is 5.32 Å². The zero-order valence-electron chi connectivity index (χ0n) is 15.1. The summed E-state index contributed by atoms with van der Waals surface area (Å²) in [7, 11) is 0. The molecular formula is C21H21N3O2. The molecule has 5 nitrogen and oxygen atoms in total. The number of carbonyl (C=O) groups excluding carboxylic acids is 2. The molecular weight excluding hydrogens is 326 g/mol. The molecule has 0 saturated carbocycles. The maximum Gasteiger partial charge on any atom is 0.292 e. The minimum absolute atomic E-state index is 0.315. The average molecular weight is 347 g/mol. The Morgan fingerprint density at radius 3 is 2.27 bits per heavy atom. The third-order valence-corrected chi connectivity index (χ3v) is 4.30. The van der Waals surface area contributed by atoms with E-state index < -0.39 is 11.7 Å². The van der Waals surface area contributed by atoms with Gasteiger partial charge in [0.25, 0.3) is 11.7 Å². The topological polar surface area (TPSA) is 64.0 Å². The van der Waals surface area contributed by atoms with E-state index in [0.29, 0.717) is 23.5 Å². The lowest BCUT2D eigenvalue weighted by atomic mass is 10.1. The monoisotopic (exact) mass is 347 g/mol. The molecule has 0 unspecified atom stereocenters. The van der Waals surface area contributed by atoms with Crippen LogP contribution in [0.15, 0.2) is 54.6 Å². The van der Waals surface area contributed by atoms with Gasteiger partial charge in [0.1, 0.15) is 0 Å². The summed E-state index contributed by atoms with van der Waals surface area (Å²) in [4.78, 5) is 25.0. The van der Waals surface area contributed by atoms with E-state index in [9.17, 15) is 9.59 Å². The van der Waals surface area contributed by atoms with Crippen LogP contribution in [0.4, 0.5) is 0 Å². The fourth-order valence-electron chi connectivity index (χ4n) is 2.87. The minimum Gasteiger partial charge on any atom is -0.345 e. The van der Waals surface area contributed by atoms with Gasteiger partial charge >= 0.3 is 0 Å². The van der Waals surface area contributed by atoms with Crippen molar-refractivity contribution in [1.82, 2.24) is 15.1 Å². The van der Waals surface area contributed by atoms with Gasteiger partial charge in [-0.25, -0.2) is 4.68 Å². The van der Waals surface area contributed by atoms with Gasteiger partial charge in [-0.1, -0.05) is 48.0 Å². The van der Waals surface area contributed by atoms with E-state index in [4.69, 9.17) is 0 Å². The third-order valence-electron chi connectivity index (χ3n) is 4.30. The molecule has 1 amide bonds.